The van der Waals surface area contributed by atoms with Gasteiger partial charge in [-0.15, -0.1) is 0 Å². The molecule has 1 atom stereocenters. The predicted octanol–water partition coefficient (Wildman–Crippen LogP) is 2.59. The molecule has 3 rings (SSSR count). The molecule has 1 saturated carbocycles. The van der Waals surface area contributed by atoms with Crippen molar-refractivity contribution in [3.63, 3.8) is 0 Å². The molecule has 1 aromatic rings. The van der Waals surface area contributed by atoms with Crippen LogP contribution in [0.2, 0.25) is 0 Å². The molecule has 0 amide bonds. The number of hydrogen-bond acceptors (Lipinski definition) is 5. The summed E-state index contributed by atoms with van der Waals surface area (Å²) in [5.74, 6) is -1.15. The van der Waals surface area contributed by atoms with Crippen molar-refractivity contribution in [3.05, 3.63) is 23.8 Å². The summed E-state index contributed by atoms with van der Waals surface area (Å²) in [5.41, 5.74) is 0.415. The largest absolute Gasteiger partial charge is 0.478 e. The number of nitrogens with one attached hydrogen (secondary N) is 2. The van der Waals surface area contributed by atoms with Gasteiger partial charge < -0.3 is 15.2 Å². The average molecular weight is 382 g/mol. The van der Waals surface area contributed by atoms with Gasteiger partial charge in [-0.1, -0.05) is 19.3 Å². The Morgan fingerprint density at radius 1 is 1.15 bits per heavy atom. The van der Waals surface area contributed by atoms with Crippen LogP contribution in [0.15, 0.2) is 23.1 Å². The molecule has 2 aliphatic rings. The Balaban J connectivity index is 1.82. The zero-order valence-electron chi connectivity index (χ0n) is 14.7. The maximum Gasteiger partial charge on any atom is 0.335 e. The Morgan fingerprint density at radius 2 is 1.92 bits per heavy atom. The molecule has 2 fully saturated rings. The second kappa shape index (κ2) is 8.37. The third kappa shape index (κ3) is 4.75. The number of aromatic carboxylic acids is 1. The van der Waals surface area contributed by atoms with E-state index < -0.39 is 16.0 Å². The number of anilines is 1. The fourth-order valence-electron chi connectivity index (χ4n) is 3.55. The van der Waals surface area contributed by atoms with E-state index in [0.717, 1.165) is 38.5 Å². The maximum atomic E-state index is 12.8. The topological polar surface area (TPSA) is 105 Å². The molecule has 0 spiro atoms. The molecule has 8 heteroatoms. The van der Waals surface area contributed by atoms with Crippen LogP contribution in [0.4, 0.5) is 5.69 Å². The highest BCUT2D eigenvalue weighted by Gasteiger charge is 2.25. The minimum Gasteiger partial charge on any atom is -0.478 e. The number of rotatable bonds is 7. The highest BCUT2D eigenvalue weighted by atomic mass is 32.2. The minimum absolute atomic E-state index is 0.0130. The predicted molar refractivity (Wildman–Crippen MR) is 98.1 cm³/mol. The average Bonchev–Trinajstić information content (AvgIpc) is 3.15. The summed E-state index contributed by atoms with van der Waals surface area (Å²) in [6.07, 6.45) is 7.04. The van der Waals surface area contributed by atoms with Crippen LogP contribution in [0, 0.1) is 0 Å². The molecule has 0 unspecified atom stereocenters. The molecule has 1 aromatic carbocycles. The fraction of sp³-hybridized carbons (Fsp3) is 0.611. The van der Waals surface area contributed by atoms with Crippen LogP contribution >= 0.6 is 0 Å². The van der Waals surface area contributed by atoms with Crippen LogP contribution in [0.1, 0.15) is 55.3 Å². The van der Waals surface area contributed by atoms with Gasteiger partial charge in [0.2, 0.25) is 10.0 Å². The normalized spacial score (nSPS) is 21.6. The Bertz CT molecular complexity index is 738. The van der Waals surface area contributed by atoms with E-state index in [1.54, 1.807) is 6.07 Å². The number of sulfonamides is 1. The standard InChI is InChI=1S/C18H26N2O5S/c21-18(22)13-8-9-16(20-14-5-2-1-3-6-14)17(11-13)26(23,24)19-12-15-7-4-10-25-15/h8-9,11,14-15,19-20H,1-7,10,12H2,(H,21,22)/t15-/m0/s1. The smallest absolute Gasteiger partial charge is 0.335 e. The van der Waals surface area contributed by atoms with Gasteiger partial charge in [-0.2, -0.15) is 0 Å². The van der Waals surface area contributed by atoms with Crippen LogP contribution in [-0.2, 0) is 14.8 Å². The zero-order chi connectivity index (χ0) is 18.6. The summed E-state index contributed by atoms with van der Waals surface area (Å²) in [6, 6.07) is 4.43. The van der Waals surface area contributed by atoms with E-state index in [1.807, 2.05) is 0 Å². The molecular weight excluding hydrogens is 356 g/mol. The van der Waals surface area contributed by atoms with Crippen LogP contribution in [0.5, 0.6) is 0 Å². The highest BCUT2D eigenvalue weighted by molar-refractivity contribution is 7.89. The van der Waals surface area contributed by atoms with Crippen LogP contribution in [0.3, 0.4) is 0 Å². The zero-order valence-corrected chi connectivity index (χ0v) is 15.6. The molecule has 1 aliphatic carbocycles. The van der Waals surface area contributed by atoms with E-state index in [0.29, 0.717) is 12.3 Å². The lowest BCUT2D eigenvalue weighted by molar-refractivity contribution is 0.0696. The van der Waals surface area contributed by atoms with E-state index in [1.165, 1.54) is 18.6 Å². The van der Waals surface area contributed by atoms with Crippen LogP contribution < -0.4 is 10.0 Å². The first-order valence-corrected chi connectivity index (χ1v) is 10.7. The monoisotopic (exact) mass is 382 g/mol. The molecule has 1 aliphatic heterocycles. The van der Waals surface area contributed by atoms with Crippen LogP contribution in [-0.4, -0.2) is 44.8 Å². The van der Waals surface area contributed by atoms with Crippen molar-refractivity contribution in [1.29, 1.82) is 0 Å². The lowest BCUT2D eigenvalue weighted by Gasteiger charge is -2.25. The minimum atomic E-state index is -3.84. The summed E-state index contributed by atoms with van der Waals surface area (Å²) in [6.45, 7) is 0.845. The summed E-state index contributed by atoms with van der Waals surface area (Å²) < 4.78 is 33.7. The van der Waals surface area contributed by atoms with Gasteiger partial charge in [-0.3, -0.25) is 0 Å². The van der Waals surface area contributed by atoms with E-state index in [9.17, 15) is 18.3 Å². The Labute approximate surface area is 154 Å². The molecule has 144 valence electrons. The van der Waals surface area contributed by atoms with Crippen molar-refractivity contribution in [2.24, 2.45) is 0 Å². The van der Waals surface area contributed by atoms with E-state index in [4.69, 9.17) is 4.74 Å². The SMILES string of the molecule is O=C(O)c1ccc(NC2CCCCC2)c(S(=O)(=O)NC[C@@H]2CCCO2)c1. The van der Waals surface area contributed by atoms with Crippen molar-refractivity contribution in [2.75, 3.05) is 18.5 Å². The van der Waals surface area contributed by atoms with Gasteiger partial charge in [-0.05, 0) is 43.9 Å². The second-order valence-corrected chi connectivity index (χ2v) is 8.72. The molecule has 7 nitrogen and oxygen atoms in total. The molecule has 1 heterocycles. The fourth-order valence-corrected chi connectivity index (χ4v) is 4.81. The number of carboxylic acids is 1. The van der Waals surface area contributed by atoms with Gasteiger partial charge in [0.1, 0.15) is 4.90 Å². The molecule has 26 heavy (non-hydrogen) atoms. The molecule has 0 aromatic heterocycles. The van der Waals surface area contributed by atoms with Gasteiger partial charge in [0.15, 0.2) is 0 Å². The first-order valence-electron chi connectivity index (χ1n) is 9.21. The van der Waals surface area contributed by atoms with Crippen molar-refractivity contribution in [2.45, 2.75) is 62.0 Å². The summed E-state index contributed by atoms with van der Waals surface area (Å²) in [7, 11) is -3.84. The molecule has 0 bridgehead atoms. The Morgan fingerprint density at radius 3 is 2.58 bits per heavy atom. The van der Waals surface area contributed by atoms with Crippen molar-refractivity contribution in [3.8, 4) is 0 Å². The lowest BCUT2D eigenvalue weighted by atomic mass is 9.95. The van der Waals surface area contributed by atoms with Crippen molar-refractivity contribution in [1.82, 2.24) is 4.72 Å². The first kappa shape index (κ1) is 19.1. The van der Waals surface area contributed by atoms with Crippen LogP contribution in [0.25, 0.3) is 0 Å². The molecule has 1 saturated heterocycles. The van der Waals surface area contributed by atoms with E-state index >= 15 is 0 Å². The summed E-state index contributed by atoms with van der Waals surface area (Å²) >= 11 is 0. The van der Waals surface area contributed by atoms with Crippen molar-refractivity contribution >= 4 is 21.7 Å². The molecule has 0 radical (unpaired) electrons. The van der Waals surface area contributed by atoms with Gasteiger partial charge in [0, 0.05) is 19.2 Å². The number of benzene rings is 1. The second-order valence-electron chi connectivity index (χ2n) is 6.98. The molecule has 3 N–H and O–H groups in total. The third-order valence-corrected chi connectivity index (χ3v) is 6.47. The Hall–Kier alpha value is -1.64. The summed E-state index contributed by atoms with van der Waals surface area (Å²) in [4.78, 5) is 11.3. The lowest BCUT2D eigenvalue weighted by Crippen LogP contribution is -2.33. The van der Waals surface area contributed by atoms with Gasteiger partial charge in [-0.25, -0.2) is 17.9 Å². The Kier molecular flexibility index (Phi) is 6.16. The maximum absolute atomic E-state index is 12.8. The van der Waals surface area contributed by atoms with E-state index in [-0.39, 0.29) is 29.1 Å². The van der Waals surface area contributed by atoms with Gasteiger partial charge in [0.25, 0.3) is 0 Å². The number of carboxylic acid groups (broad SMARTS) is 1. The van der Waals surface area contributed by atoms with E-state index in [2.05, 4.69) is 10.0 Å². The highest BCUT2D eigenvalue weighted by Crippen LogP contribution is 2.27. The van der Waals surface area contributed by atoms with Gasteiger partial charge in [0.05, 0.1) is 17.4 Å². The third-order valence-electron chi connectivity index (χ3n) is 5.01. The summed E-state index contributed by atoms with van der Waals surface area (Å²) in [5, 5.41) is 12.5. The quantitative estimate of drug-likeness (QED) is 0.669. The number of ether oxygens (including phenoxy) is 1. The van der Waals surface area contributed by atoms with Gasteiger partial charge >= 0.3 is 5.97 Å². The molecular formula is C18H26N2O5S. The number of hydrogen-bond donors (Lipinski definition) is 3. The van der Waals surface area contributed by atoms with Crippen molar-refractivity contribution < 1.29 is 23.1 Å². The first-order chi connectivity index (χ1) is 12.5. The number of carbonyl (C=O) groups is 1.